The fourth-order valence-electron chi connectivity index (χ4n) is 3.23. The summed E-state index contributed by atoms with van der Waals surface area (Å²) in [6.45, 7) is 2.09. The van der Waals surface area contributed by atoms with Crippen LogP contribution in [0, 0.1) is 6.92 Å². The monoisotopic (exact) mass is 441 g/mol. The summed E-state index contributed by atoms with van der Waals surface area (Å²) in [5.41, 5.74) is 9.18. The van der Waals surface area contributed by atoms with Gasteiger partial charge in [0.15, 0.2) is 0 Å². The summed E-state index contributed by atoms with van der Waals surface area (Å²) in [5, 5.41) is 0.983. The van der Waals surface area contributed by atoms with Crippen molar-refractivity contribution in [2.45, 2.75) is 13.5 Å². The van der Waals surface area contributed by atoms with E-state index in [0.717, 1.165) is 16.8 Å². The van der Waals surface area contributed by atoms with Crippen LogP contribution in [0.25, 0.3) is 17.0 Å². The van der Waals surface area contributed by atoms with Crippen LogP contribution in [0.15, 0.2) is 43.0 Å². The van der Waals surface area contributed by atoms with Gasteiger partial charge in [-0.25, -0.2) is 19.9 Å². The second kappa shape index (κ2) is 7.98. The van der Waals surface area contributed by atoms with E-state index in [0.29, 0.717) is 27.3 Å². The van der Waals surface area contributed by atoms with Crippen LogP contribution in [0.2, 0.25) is 10.0 Å². The van der Waals surface area contributed by atoms with Gasteiger partial charge in [-0.1, -0.05) is 23.2 Å². The van der Waals surface area contributed by atoms with Gasteiger partial charge in [0.05, 0.1) is 10.7 Å². The van der Waals surface area contributed by atoms with Gasteiger partial charge in [0.1, 0.15) is 17.8 Å². The summed E-state index contributed by atoms with van der Waals surface area (Å²) in [6.07, 6.45) is 4.57. The van der Waals surface area contributed by atoms with Gasteiger partial charge in [0.2, 0.25) is 5.78 Å². The van der Waals surface area contributed by atoms with Gasteiger partial charge in [-0.3, -0.25) is 14.1 Å². The van der Waals surface area contributed by atoms with Crippen LogP contribution in [0.1, 0.15) is 21.7 Å². The van der Waals surface area contributed by atoms with Crippen LogP contribution < -0.4 is 10.6 Å². The van der Waals surface area contributed by atoms with Crippen molar-refractivity contribution < 1.29 is 4.79 Å². The number of benzene rings is 1. The number of rotatable bonds is 4. The standard InChI is InChI=1S/C20H17Cl2N7O/c1-11-14(8-23)18(13-4-3-12(21)7-15(13)22)29-9-16(27-20(29)26-11)19(30)28(2)17-5-6-24-10-25-17/h3-7,9-10H,8,23H2,1-2H3. The van der Waals surface area contributed by atoms with Crippen molar-refractivity contribution >= 4 is 40.7 Å². The number of hydrogen-bond acceptors (Lipinski definition) is 6. The van der Waals surface area contributed by atoms with Gasteiger partial charge < -0.3 is 5.73 Å². The zero-order valence-corrected chi connectivity index (χ0v) is 17.7. The van der Waals surface area contributed by atoms with Crippen molar-refractivity contribution in [1.82, 2.24) is 24.3 Å². The first-order chi connectivity index (χ1) is 14.4. The van der Waals surface area contributed by atoms with Crippen molar-refractivity contribution in [2.24, 2.45) is 5.73 Å². The maximum absolute atomic E-state index is 13.0. The molecule has 4 rings (SSSR count). The molecular formula is C20H17Cl2N7O. The topological polar surface area (TPSA) is 102 Å². The van der Waals surface area contributed by atoms with E-state index in [4.69, 9.17) is 28.9 Å². The van der Waals surface area contributed by atoms with E-state index in [2.05, 4.69) is 19.9 Å². The number of fused-ring (bicyclic) bond motifs is 1. The third-order valence-corrected chi connectivity index (χ3v) is 5.29. The van der Waals surface area contributed by atoms with Gasteiger partial charge in [-0.2, -0.15) is 0 Å². The molecule has 3 aromatic heterocycles. The van der Waals surface area contributed by atoms with Gasteiger partial charge in [-0.15, -0.1) is 0 Å². The number of carbonyl (C=O) groups excluding carboxylic acids is 1. The van der Waals surface area contributed by atoms with Crippen molar-refractivity contribution in [3.63, 3.8) is 0 Å². The zero-order valence-electron chi connectivity index (χ0n) is 16.2. The number of imidazole rings is 1. The molecule has 0 spiro atoms. The van der Waals surface area contributed by atoms with Gasteiger partial charge in [0.25, 0.3) is 5.91 Å². The molecule has 1 aromatic carbocycles. The number of anilines is 1. The molecule has 0 saturated carbocycles. The second-order valence-electron chi connectivity index (χ2n) is 6.58. The molecule has 0 aliphatic carbocycles. The molecule has 4 aromatic rings. The van der Waals surface area contributed by atoms with Crippen molar-refractivity contribution in [2.75, 3.05) is 11.9 Å². The molecule has 152 valence electrons. The number of nitrogens with zero attached hydrogens (tertiary/aromatic N) is 6. The Kier molecular flexibility index (Phi) is 5.38. The first kappa shape index (κ1) is 20.2. The number of halogens is 2. The quantitative estimate of drug-likeness (QED) is 0.519. The lowest BCUT2D eigenvalue weighted by Crippen LogP contribution is -2.27. The van der Waals surface area contributed by atoms with Gasteiger partial charge in [0, 0.05) is 47.8 Å². The molecule has 30 heavy (non-hydrogen) atoms. The minimum Gasteiger partial charge on any atom is -0.326 e. The molecular weight excluding hydrogens is 425 g/mol. The van der Waals surface area contributed by atoms with Crippen LogP contribution in [-0.4, -0.2) is 37.3 Å². The summed E-state index contributed by atoms with van der Waals surface area (Å²) in [5.74, 6) is 0.490. The summed E-state index contributed by atoms with van der Waals surface area (Å²) in [6, 6.07) is 6.86. The Morgan fingerprint density at radius 1 is 1.23 bits per heavy atom. The smallest absolute Gasteiger partial charge is 0.279 e. The van der Waals surface area contributed by atoms with Crippen molar-refractivity contribution in [3.8, 4) is 11.3 Å². The highest BCUT2D eigenvalue weighted by Crippen LogP contribution is 2.34. The minimum absolute atomic E-state index is 0.212. The predicted molar refractivity (Wildman–Crippen MR) is 116 cm³/mol. The average Bonchev–Trinajstić information content (AvgIpc) is 3.16. The molecule has 0 atom stereocenters. The van der Waals surface area contributed by atoms with E-state index in [1.807, 2.05) is 13.0 Å². The van der Waals surface area contributed by atoms with Crippen molar-refractivity contribution in [1.29, 1.82) is 0 Å². The largest absolute Gasteiger partial charge is 0.326 e. The molecule has 0 bridgehead atoms. The minimum atomic E-state index is -0.334. The van der Waals surface area contributed by atoms with E-state index in [1.54, 1.807) is 42.0 Å². The highest BCUT2D eigenvalue weighted by molar-refractivity contribution is 6.36. The van der Waals surface area contributed by atoms with Crippen molar-refractivity contribution in [3.05, 3.63) is 70.0 Å². The van der Waals surface area contributed by atoms with E-state index in [-0.39, 0.29) is 18.1 Å². The van der Waals surface area contributed by atoms with Gasteiger partial charge >= 0.3 is 0 Å². The molecule has 0 radical (unpaired) electrons. The summed E-state index contributed by atoms with van der Waals surface area (Å²) >= 11 is 12.5. The SMILES string of the molecule is Cc1nc2nc(C(=O)N(C)c3ccncn3)cn2c(-c2ccc(Cl)cc2Cl)c1CN. The highest BCUT2D eigenvalue weighted by Gasteiger charge is 2.22. The number of aryl methyl sites for hydroxylation is 1. The number of amides is 1. The maximum atomic E-state index is 13.0. The predicted octanol–water partition coefficient (Wildman–Crippen LogP) is 3.54. The molecule has 10 heteroatoms. The lowest BCUT2D eigenvalue weighted by atomic mass is 10.0. The molecule has 1 amide bonds. The number of hydrogen-bond donors (Lipinski definition) is 1. The molecule has 0 aliphatic rings. The molecule has 0 saturated heterocycles. The normalized spacial score (nSPS) is 11.1. The molecule has 0 aliphatic heterocycles. The lowest BCUT2D eigenvalue weighted by molar-refractivity contribution is 0.0988. The van der Waals surface area contributed by atoms with Crippen LogP contribution in [0.5, 0.6) is 0 Å². The van der Waals surface area contributed by atoms with Crippen LogP contribution >= 0.6 is 23.2 Å². The Labute approximate surface area is 182 Å². The number of carbonyl (C=O) groups is 1. The third-order valence-electron chi connectivity index (χ3n) is 4.74. The first-order valence-corrected chi connectivity index (χ1v) is 9.74. The Morgan fingerprint density at radius 2 is 2.03 bits per heavy atom. The average molecular weight is 442 g/mol. The highest BCUT2D eigenvalue weighted by atomic mass is 35.5. The Hall–Kier alpha value is -3.07. The number of nitrogens with two attached hydrogens (primary N) is 1. The Bertz CT molecular complexity index is 1260. The lowest BCUT2D eigenvalue weighted by Gasteiger charge is -2.15. The summed E-state index contributed by atoms with van der Waals surface area (Å²) < 4.78 is 1.73. The fraction of sp³-hybridized carbons (Fsp3) is 0.150. The molecule has 0 unspecified atom stereocenters. The van der Waals surface area contributed by atoms with Gasteiger partial charge in [-0.05, 0) is 31.2 Å². The van der Waals surface area contributed by atoms with Crippen LogP contribution in [0.4, 0.5) is 5.82 Å². The Balaban J connectivity index is 1.90. The maximum Gasteiger partial charge on any atom is 0.279 e. The van der Waals surface area contributed by atoms with E-state index >= 15 is 0 Å². The third kappa shape index (κ3) is 3.49. The summed E-state index contributed by atoms with van der Waals surface area (Å²) in [4.78, 5) is 31.3. The molecule has 2 N–H and O–H groups in total. The van der Waals surface area contributed by atoms with E-state index in [1.165, 1.54) is 11.2 Å². The zero-order chi connectivity index (χ0) is 21.4. The second-order valence-corrected chi connectivity index (χ2v) is 7.42. The summed E-state index contributed by atoms with van der Waals surface area (Å²) in [7, 11) is 1.62. The molecule has 8 nitrogen and oxygen atoms in total. The van der Waals surface area contributed by atoms with Crippen LogP contribution in [0.3, 0.4) is 0 Å². The van der Waals surface area contributed by atoms with Crippen LogP contribution in [-0.2, 0) is 6.54 Å². The Morgan fingerprint density at radius 3 is 2.70 bits per heavy atom. The van der Waals surface area contributed by atoms with E-state index in [9.17, 15) is 4.79 Å². The fourth-order valence-corrected chi connectivity index (χ4v) is 3.73. The first-order valence-electron chi connectivity index (χ1n) is 8.99. The molecule has 0 fully saturated rings. The molecule has 3 heterocycles. The van der Waals surface area contributed by atoms with E-state index < -0.39 is 0 Å². The number of aromatic nitrogens is 5.